The predicted molar refractivity (Wildman–Crippen MR) is 138 cm³/mol. The average molecular weight is 543 g/mol. The zero-order valence-electron chi connectivity index (χ0n) is 21.4. The third kappa shape index (κ3) is 12.7. The number of hydrogen-bond acceptors (Lipinski definition) is 2. The van der Waals surface area contributed by atoms with Gasteiger partial charge in [-0.15, -0.1) is 0 Å². The molecule has 0 radical (unpaired) electrons. The van der Waals surface area contributed by atoms with Crippen molar-refractivity contribution in [1.82, 2.24) is 0 Å². The molecule has 2 nitrogen and oxygen atoms in total. The molecule has 2 aliphatic carbocycles. The first-order valence-corrected chi connectivity index (χ1v) is 21.0. The fourth-order valence-electron chi connectivity index (χ4n) is 5.71. The molecule has 3 heteroatoms. The van der Waals surface area contributed by atoms with Crippen LogP contribution in [-0.2, 0) is 6.15 Å². The Morgan fingerprint density at radius 3 is 1.23 bits per heavy atom. The monoisotopic (exact) mass is 544 g/mol. The van der Waals surface area contributed by atoms with E-state index in [1.807, 2.05) is 0 Å². The van der Waals surface area contributed by atoms with E-state index >= 15 is 0 Å². The molecule has 0 bridgehead atoms. The molecule has 0 atom stereocenters. The maximum absolute atomic E-state index is 7.23. The molecule has 2 fully saturated rings. The molecule has 0 heterocycles. The summed E-state index contributed by atoms with van der Waals surface area (Å²) in [6.07, 6.45) is 31.4. The summed E-state index contributed by atoms with van der Waals surface area (Å²) in [5, 5.41) is 0. The standard InChI is InChI=1S/2C8H17.2C6H11O.Sn/c2*1-3-5-7-8-6-4-2;2*7-6-4-2-1-3-5-6;/h2*1,3-8H2,2H3;2*6H,1-5H2;/q;;2*-1;+2. The molecule has 0 unspecified atom stereocenters. The molecule has 2 saturated carbocycles. The zero-order valence-corrected chi connectivity index (χ0v) is 24.3. The summed E-state index contributed by atoms with van der Waals surface area (Å²) >= 11 is -3.04. The molecule has 0 amide bonds. The van der Waals surface area contributed by atoms with Crippen molar-refractivity contribution in [2.45, 2.75) is 176 Å². The molecule has 31 heavy (non-hydrogen) atoms. The third-order valence-corrected chi connectivity index (χ3v) is 18.4. The summed E-state index contributed by atoms with van der Waals surface area (Å²) < 4.78 is 17.1. The second-order valence-electron chi connectivity index (χ2n) is 10.7. The first-order valence-electron chi connectivity index (χ1n) is 14.6. The van der Waals surface area contributed by atoms with E-state index in [-0.39, 0.29) is 0 Å². The van der Waals surface area contributed by atoms with Crippen LogP contribution in [0.15, 0.2) is 0 Å². The second kappa shape index (κ2) is 18.1. The Balaban J connectivity index is 1.95. The molecule has 0 spiro atoms. The molecule has 0 aromatic heterocycles. The van der Waals surface area contributed by atoms with Crippen LogP contribution in [0.25, 0.3) is 0 Å². The van der Waals surface area contributed by atoms with Crippen LogP contribution in [0.5, 0.6) is 0 Å². The van der Waals surface area contributed by atoms with E-state index in [0.29, 0.717) is 12.2 Å². The van der Waals surface area contributed by atoms with Gasteiger partial charge in [0.15, 0.2) is 0 Å². The summed E-state index contributed by atoms with van der Waals surface area (Å²) in [7, 11) is 0. The van der Waals surface area contributed by atoms with E-state index in [1.54, 1.807) is 0 Å². The third-order valence-electron chi connectivity index (χ3n) is 7.69. The molecule has 0 aromatic carbocycles. The fourth-order valence-corrected chi connectivity index (χ4v) is 17.2. The summed E-state index contributed by atoms with van der Waals surface area (Å²) in [5.41, 5.74) is 0. The van der Waals surface area contributed by atoms with Crippen molar-refractivity contribution < 1.29 is 6.15 Å². The first kappa shape index (κ1) is 28.0. The quantitative estimate of drug-likeness (QED) is 0.127. The van der Waals surface area contributed by atoms with Crippen molar-refractivity contribution in [1.29, 1.82) is 0 Å². The summed E-state index contributed by atoms with van der Waals surface area (Å²) in [4.78, 5) is 0. The Hall–Kier alpha value is 0.719. The van der Waals surface area contributed by atoms with Gasteiger partial charge in [0.25, 0.3) is 0 Å². The van der Waals surface area contributed by atoms with Gasteiger partial charge in [0, 0.05) is 0 Å². The Kier molecular flexibility index (Phi) is 16.3. The summed E-state index contributed by atoms with van der Waals surface area (Å²) in [5.74, 6) is 0. The molecular weight excluding hydrogens is 487 g/mol. The molecule has 0 aromatic rings. The van der Waals surface area contributed by atoms with E-state index < -0.39 is 19.2 Å². The van der Waals surface area contributed by atoms with Gasteiger partial charge in [-0.2, -0.15) is 0 Å². The van der Waals surface area contributed by atoms with Crippen molar-refractivity contribution >= 4 is 19.2 Å². The van der Waals surface area contributed by atoms with E-state index in [1.165, 1.54) is 150 Å². The molecule has 2 aliphatic rings. The zero-order chi connectivity index (χ0) is 22.0. The van der Waals surface area contributed by atoms with E-state index in [4.69, 9.17) is 6.15 Å². The molecule has 0 N–H and O–H groups in total. The van der Waals surface area contributed by atoms with Crippen LogP contribution in [-0.4, -0.2) is 31.4 Å². The van der Waals surface area contributed by atoms with Crippen molar-refractivity contribution in [3.05, 3.63) is 0 Å². The average Bonchev–Trinajstić information content (AvgIpc) is 2.80. The topological polar surface area (TPSA) is 18.5 Å². The minimum absolute atomic E-state index is 0.535. The van der Waals surface area contributed by atoms with Crippen molar-refractivity contribution in [3.63, 3.8) is 0 Å². The van der Waals surface area contributed by atoms with Gasteiger partial charge in [0.05, 0.1) is 0 Å². The van der Waals surface area contributed by atoms with Crippen LogP contribution in [0.4, 0.5) is 0 Å². The normalized spacial score (nSPS) is 19.2. The fraction of sp³-hybridized carbons (Fsp3) is 1.00. The van der Waals surface area contributed by atoms with Gasteiger partial charge >= 0.3 is 202 Å². The van der Waals surface area contributed by atoms with Crippen LogP contribution in [0.1, 0.15) is 155 Å². The van der Waals surface area contributed by atoms with Crippen molar-refractivity contribution in [3.8, 4) is 0 Å². The number of unbranched alkanes of at least 4 members (excludes halogenated alkanes) is 10. The van der Waals surface area contributed by atoms with Gasteiger partial charge in [0.1, 0.15) is 0 Å². The summed E-state index contributed by atoms with van der Waals surface area (Å²) in [6.45, 7) is 4.63. The van der Waals surface area contributed by atoms with Crippen LogP contribution in [0.3, 0.4) is 0 Å². The van der Waals surface area contributed by atoms with Crippen molar-refractivity contribution in [2.24, 2.45) is 0 Å². The van der Waals surface area contributed by atoms with Crippen LogP contribution >= 0.6 is 0 Å². The molecule has 0 saturated heterocycles. The van der Waals surface area contributed by atoms with Gasteiger partial charge in [-0.3, -0.25) is 0 Å². The van der Waals surface area contributed by atoms with Gasteiger partial charge in [0.2, 0.25) is 0 Å². The van der Waals surface area contributed by atoms with Gasteiger partial charge in [-0.05, 0) is 0 Å². The minimum atomic E-state index is -3.04. The Morgan fingerprint density at radius 2 is 0.839 bits per heavy atom. The number of rotatable bonds is 18. The van der Waals surface area contributed by atoms with Gasteiger partial charge in [-0.25, -0.2) is 0 Å². The van der Waals surface area contributed by atoms with Crippen LogP contribution in [0.2, 0.25) is 8.87 Å². The van der Waals surface area contributed by atoms with Crippen molar-refractivity contribution in [2.75, 3.05) is 0 Å². The van der Waals surface area contributed by atoms with E-state index in [9.17, 15) is 0 Å². The van der Waals surface area contributed by atoms with Gasteiger partial charge < -0.3 is 0 Å². The number of hydrogen-bond donors (Lipinski definition) is 0. The Morgan fingerprint density at radius 1 is 0.484 bits per heavy atom. The predicted octanol–water partition coefficient (Wildman–Crippen LogP) is 9.85. The van der Waals surface area contributed by atoms with Crippen LogP contribution in [0, 0.1) is 0 Å². The second-order valence-corrected chi connectivity index (χ2v) is 20.1. The summed E-state index contributed by atoms with van der Waals surface area (Å²) in [6, 6.07) is 0. The van der Waals surface area contributed by atoms with E-state index in [2.05, 4.69) is 13.8 Å². The van der Waals surface area contributed by atoms with Crippen LogP contribution < -0.4 is 0 Å². The molecular formula is C28H56O2Sn. The molecule has 2 rings (SSSR count). The maximum atomic E-state index is 7.23. The molecule has 184 valence electrons. The Bertz CT molecular complexity index is 364. The van der Waals surface area contributed by atoms with E-state index in [0.717, 1.165) is 0 Å². The van der Waals surface area contributed by atoms with Gasteiger partial charge in [-0.1, -0.05) is 0 Å². The Labute approximate surface area is 201 Å². The SMILES string of the molecule is CCCCCCC[CH2][Sn]([CH2]CCCCCCC)([O]C1CCCCC1)[O]C1CCCCC1. The molecule has 0 aliphatic heterocycles. The first-order chi connectivity index (χ1) is 15.3.